The van der Waals surface area contributed by atoms with Gasteiger partial charge in [-0.15, -0.1) is 0 Å². The molecular weight excluding hydrogens is 252 g/mol. The molecule has 0 bridgehead atoms. The van der Waals surface area contributed by atoms with E-state index >= 15 is 0 Å². The first-order chi connectivity index (χ1) is 9.65. The Bertz CT molecular complexity index is 646. The number of piperidine rings is 1. The van der Waals surface area contributed by atoms with Crippen LogP contribution < -0.4 is 0 Å². The maximum Gasteiger partial charge on any atom is 0.256 e. The van der Waals surface area contributed by atoms with Crippen molar-refractivity contribution in [2.75, 3.05) is 13.1 Å². The summed E-state index contributed by atoms with van der Waals surface area (Å²) >= 11 is 0. The van der Waals surface area contributed by atoms with Crippen molar-refractivity contribution in [3.05, 3.63) is 41.6 Å². The highest BCUT2D eigenvalue weighted by molar-refractivity contribution is 6.05. The van der Waals surface area contributed by atoms with Gasteiger partial charge in [-0.1, -0.05) is 18.2 Å². The van der Waals surface area contributed by atoms with Gasteiger partial charge in [-0.2, -0.15) is 0 Å². The molecule has 0 spiro atoms. The number of aliphatic hydroxyl groups is 1. The van der Waals surface area contributed by atoms with Crippen molar-refractivity contribution in [3.63, 3.8) is 0 Å². The second kappa shape index (κ2) is 5.21. The van der Waals surface area contributed by atoms with Crippen LogP contribution in [0.3, 0.4) is 0 Å². The Labute approximate surface area is 118 Å². The predicted octanol–water partition coefficient (Wildman–Crippen LogP) is 2.14. The largest absolute Gasteiger partial charge is 0.393 e. The van der Waals surface area contributed by atoms with Crippen molar-refractivity contribution in [1.82, 2.24) is 9.88 Å². The third kappa shape index (κ3) is 2.39. The van der Waals surface area contributed by atoms with E-state index in [-0.39, 0.29) is 12.0 Å². The zero-order chi connectivity index (χ0) is 14.1. The third-order valence-electron chi connectivity index (χ3n) is 3.84. The molecule has 1 fully saturated rings. The SMILES string of the molecule is Cc1ccc2cccc(C(=O)N3CCC(O)CC3)c2n1. The van der Waals surface area contributed by atoms with Crippen molar-refractivity contribution < 1.29 is 9.90 Å². The smallest absolute Gasteiger partial charge is 0.256 e. The van der Waals surface area contributed by atoms with Crippen LogP contribution in [0.2, 0.25) is 0 Å². The number of hydrogen-bond donors (Lipinski definition) is 1. The molecule has 1 aromatic carbocycles. The monoisotopic (exact) mass is 270 g/mol. The van der Waals surface area contributed by atoms with Crippen LogP contribution in [0.1, 0.15) is 28.9 Å². The molecule has 1 N–H and O–H groups in total. The standard InChI is InChI=1S/C16H18N2O2/c1-11-5-6-12-3-2-4-14(15(12)17-11)16(20)18-9-7-13(19)8-10-18/h2-6,13,19H,7-10H2,1H3. The van der Waals surface area contributed by atoms with Crippen molar-refractivity contribution in [2.45, 2.75) is 25.9 Å². The molecule has 0 saturated carbocycles. The van der Waals surface area contributed by atoms with Crippen LogP contribution in [0.5, 0.6) is 0 Å². The molecule has 2 aromatic rings. The highest BCUT2D eigenvalue weighted by atomic mass is 16.3. The number of aromatic nitrogens is 1. The maximum absolute atomic E-state index is 12.6. The predicted molar refractivity (Wildman–Crippen MR) is 77.6 cm³/mol. The first kappa shape index (κ1) is 13.1. The molecule has 0 aliphatic carbocycles. The molecule has 20 heavy (non-hydrogen) atoms. The van der Waals surface area contributed by atoms with E-state index in [4.69, 9.17) is 0 Å². The van der Waals surface area contributed by atoms with Crippen LogP contribution in [0.25, 0.3) is 10.9 Å². The second-order valence-corrected chi connectivity index (χ2v) is 5.35. The molecule has 1 aliphatic heterocycles. The number of aryl methyl sites for hydroxylation is 1. The fourth-order valence-corrected chi connectivity index (χ4v) is 2.66. The van der Waals surface area contributed by atoms with Gasteiger partial charge < -0.3 is 10.0 Å². The lowest BCUT2D eigenvalue weighted by Crippen LogP contribution is -2.40. The lowest BCUT2D eigenvalue weighted by molar-refractivity contribution is 0.0548. The highest BCUT2D eigenvalue weighted by Crippen LogP contribution is 2.21. The number of fused-ring (bicyclic) bond motifs is 1. The molecule has 2 heterocycles. The number of hydrogen-bond acceptors (Lipinski definition) is 3. The summed E-state index contributed by atoms with van der Waals surface area (Å²) in [7, 11) is 0. The molecule has 1 amide bonds. The van der Waals surface area contributed by atoms with Crippen molar-refractivity contribution in [1.29, 1.82) is 0 Å². The number of carbonyl (C=O) groups is 1. The van der Waals surface area contributed by atoms with E-state index in [9.17, 15) is 9.90 Å². The Hall–Kier alpha value is -1.94. The van der Waals surface area contributed by atoms with Gasteiger partial charge in [0.15, 0.2) is 0 Å². The van der Waals surface area contributed by atoms with E-state index in [1.54, 1.807) is 0 Å². The molecule has 3 rings (SSSR count). The van der Waals surface area contributed by atoms with Gasteiger partial charge in [0.1, 0.15) is 0 Å². The summed E-state index contributed by atoms with van der Waals surface area (Å²) in [5, 5.41) is 10.5. The van der Waals surface area contributed by atoms with Crippen molar-refractivity contribution in [3.8, 4) is 0 Å². The molecule has 1 aliphatic rings. The minimum atomic E-state index is -0.271. The average molecular weight is 270 g/mol. The minimum absolute atomic E-state index is 0.0144. The summed E-state index contributed by atoms with van der Waals surface area (Å²) in [6.45, 7) is 3.16. The van der Waals surface area contributed by atoms with E-state index in [1.165, 1.54) is 0 Å². The Morgan fingerprint density at radius 3 is 2.75 bits per heavy atom. The van der Waals surface area contributed by atoms with Gasteiger partial charge in [0.25, 0.3) is 5.91 Å². The van der Waals surface area contributed by atoms with Crippen LogP contribution in [-0.4, -0.2) is 40.1 Å². The van der Waals surface area contributed by atoms with E-state index in [1.807, 2.05) is 42.2 Å². The van der Waals surface area contributed by atoms with Gasteiger partial charge >= 0.3 is 0 Å². The van der Waals surface area contributed by atoms with Crippen molar-refractivity contribution >= 4 is 16.8 Å². The number of amides is 1. The lowest BCUT2D eigenvalue weighted by Gasteiger charge is -2.29. The Balaban J connectivity index is 1.97. The van der Waals surface area contributed by atoms with Crippen LogP contribution in [0, 0.1) is 6.92 Å². The number of benzene rings is 1. The summed E-state index contributed by atoms with van der Waals surface area (Å²) in [6.07, 6.45) is 1.04. The minimum Gasteiger partial charge on any atom is -0.393 e. The molecule has 0 atom stereocenters. The number of nitrogens with zero attached hydrogens (tertiary/aromatic N) is 2. The van der Waals surface area contributed by atoms with Gasteiger partial charge in [0.05, 0.1) is 17.2 Å². The summed E-state index contributed by atoms with van der Waals surface area (Å²) < 4.78 is 0. The van der Waals surface area contributed by atoms with E-state index in [0.717, 1.165) is 16.6 Å². The molecule has 104 valence electrons. The van der Waals surface area contributed by atoms with Crippen LogP contribution >= 0.6 is 0 Å². The number of aliphatic hydroxyl groups excluding tert-OH is 1. The molecule has 1 saturated heterocycles. The number of likely N-dealkylation sites (tertiary alicyclic amines) is 1. The molecule has 4 heteroatoms. The number of para-hydroxylation sites is 1. The second-order valence-electron chi connectivity index (χ2n) is 5.35. The van der Waals surface area contributed by atoms with E-state index < -0.39 is 0 Å². The Morgan fingerprint density at radius 1 is 1.25 bits per heavy atom. The summed E-state index contributed by atoms with van der Waals surface area (Å²) in [6, 6.07) is 9.65. The summed E-state index contributed by atoms with van der Waals surface area (Å²) in [4.78, 5) is 19.0. The Kier molecular flexibility index (Phi) is 3.40. The molecule has 1 aromatic heterocycles. The van der Waals surface area contributed by atoms with Gasteiger partial charge in [-0.05, 0) is 31.9 Å². The summed E-state index contributed by atoms with van der Waals surface area (Å²) in [5.74, 6) is 0.0144. The van der Waals surface area contributed by atoms with Crippen molar-refractivity contribution in [2.24, 2.45) is 0 Å². The van der Waals surface area contributed by atoms with E-state index in [2.05, 4.69) is 4.98 Å². The molecular formula is C16H18N2O2. The quantitative estimate of drug-likeness (QED) is 0.863. The molecule has 4 nitrogen and oxygen atoms in total. The zero-order valence-corrected chi connectivity index (χ0v) is 11.5. The van der Waals surface area contributed by atoms with Gasteiger partial charge in [-0.25, -0.2) is 0 Å². The number of pyridine rings is 1. The highest BCUT2D eigenvalue weighted by Gasteiger charge is 2.23. The lowest BCUT2D eigenvalue weighted by atomic mass is 10.0. The van der Waals surface area contributed by atoms with Gasteiger partial charge in [0, 0.05) is 24.2 Å². The van der Waals surface area contributed by atoms with Gasteiger partial charge in [0.2, 0.25) is 0 Å². The first-order valence-electron chi connectivity index (χ1n) is 6.99. The van der Waals surface area contributed by atoms with Crippen LogP contribution in [0.15, 0.2) is 30.3 Å². The topological polar surface area (TPSA) is 53.4 Å². The summed E-state index contributed by atoms with van der Waals surface area (Å²) in [5.41, 5.74) is 2.33. The first-order valence-corrected chi connectivity index (χ1v) is 6.99. The molecule has 0 unspecified atom stereocenters. The van der Waals surface area contributed by atoms with Crippen LogP contribution in [0.4, 0.5) is 0 Å². The normalized spacial score (nSPS) is 16.6. The number of carbonyl (C=O) groups excluding carboxylic acids is 1. The molecule has 0 radical (unpaired) electrons. The zero-order valence-electron chi connectivity index (χ0n) is 11.5. The number of rotatable bonds is 1. The fourth-order valence-electron chi connectivity index (χ4n) is 2.66. The fraction of sp³-hybridized carbons (Fsp3) is 0.375. The third-order valence-corrected chi connectivity index (χ3v) is 3.84. The maximum atomic E-state index is 12.6. The van der Waals surface area contributed by atoms with Crippen LogP contribution in [-0.2, 0) is 0 Å². The average Bonchev–Trinajstić information content (AvgIpc) is 2.46. The van der Waals surface area contributed by atoms with E-state index in [0.29, 0.717) is 31.5 Å². The Morgan fingerprint density at radius 2 is 2.00 bits per heavy atom. The van der Waals surface area contributed by atoms with Gasteiger partial charge in [-0.3, -0.25) is 9.78 Å².